The Morgan fingerprint density at radius 2 is 1.48 bits per heavy atom. The van der Waals surface area contributed by atoms with Gasteiger partial charge < -0.3 is 9.47 Å². The second-order valence-electron chi connectivity index (χ2n) is 8.88. The maximum atomic E-state index is 13.9. The summed E-state index contributed by atoms with van der Waals surface area (Å²) < 4.78 is 37.8. The van der Waals surface area contributed by atoms with Crippen LogP contribution in [0.3, 0.4) is 0 Å². The lowest BCUT2D eigenvalue weighted by molar-refractivity contribution is 0.152. The summed E-state index contributed by atoms with van der Waals surface area (Å²) in [6, 6.07) is 2.79. The lowest BCUT2D eigenvalue weighted by Crippen LogP contribution is -2.25. The Hall–Kier alpha value is -1.58. The SMILES string of the molecule is CCC[C@H]1CC[C@H](C2CCC(/C=C/COc3ccc(OC)c(F)c3F)CC2)CC1. The fourth-order valence-electron chi connectivity index (χ4n) is 5.33. The Kier molecular flexibility index (Phi) is 8.38. The van der Waals surface area contributed by atoms with Crippen molar-refractivity contribution >= 4 is 0 Å². The van der Waals surface area contributed by atoms with Crippen molar-refractivity contribution < 1.29 is 18.3 Å². The summed E-state index contributed by atoms with van der Waals surface area (Å²) in [7, 11) is 1.31. The Morgan fingerprint density at radius 1 is 0.897 bits per heavy atom. The van der Waals surface area contributed by atoms with Crippen molar-refractivity contribution in [2.75, 3.05) is 13.7 Å². The van der Waals surface area contributed by atoms with Crippen LogP contribution in [-0.4, -0.2) is 13.7 Å². The van der Waals surface area contributed by atoms with Crippen LogP contribution in [0.15, 0.2) is 24.3 Å². The van der Waals surface area contributed by atoms with Gasteiger partial charge in [0.2, 0.25) is 11.6 Å². The molecule has 2 aliphatic carbocycles. The molecule has 0 N–H and O–H groups in total. The van der Waals surface area contributed by atoms with Gasteiger partial charge in [-0.1, -0.05) is 44.8 Å². The molecule has 0 spiro atoms. The van der Waals surface area contributed by atoms with Gasteiger partial charge in [0.15, 0.2) is 11.5 Å². The number of halogens is 2. The molecule has 0 amide bonds. The highest BCUT2D eigenvalue weighted by molar-refractivity contribution is 5.35. The Bertz CT molecular complexity index is 657. The summed E-state index contributed by atoms with van der Waals surface area (Å²) in [5.74, 6) is 1.25. The van der Waals surface area contributed by atoms with Gasteiger partial charge >= 0.3 is 0 Å². The second-order valence-corrected chi connectivity index (χ2v) is 8.88. The van der Waals surface area contributed by atoms with Gasteiger partial charge in [0.05, 0.1) is 7.11 Å². The van der Waals surface area contributed by atoms with E-state index in [-0.39, 0.29) is 18.1 Å². The normalized spacial score (nSPS) is 27.9. The van der Waals surface area contributed by atoms with Crippen LogP contribution in [0.25, 0.3) is 0 Å². The van der Waals surface area contributed by atoms with Crippen LogP contribution in [0.1, 0.15) is 71.1 Å². The van der Waals surface area contributed by atoms with E-state index in [1.807, 2.05) is 6.08 Å². The van der Waals surface area contributed by atoms with Crippen LogP contribution in [0.5, 0.6) is 11.5 Å². The number of hydrogen-bond donors (Lipinski definition) is 0. The van der Waals surface area contributed by atoms with Gasteiger partial charge in [-0.2, -0.15) is 8.78 Å². The van der Waals surface area contributed by atoms with Gasteiger partial charge in [0.1, 0.15) is 6.61 Å². The number of hydrogen-bond acceptors (Lipinski definition) is 2. The van der Waals surface area contributed by atoms with E-state index >= 15 is 0 Å². The van der Waals surface area contributed by atoms with Gasteiger partial charge in [0.25, 0.3) is 0 Å². The first kappa shape index (κ1) is 22.1. The minimum atomic E-state index is -1.00. The highest BCUT2D eigenvalue weighted by Gasteiger charge is 2.30. The summed E-state index contributed by atoms with van der Waals surface area (Å²) >= 11 is 0. The first-order chi connectivity index (χ1) is 14.1. The average molecular weight is 407 g/mol. The van der Waals surface area contributed by atoms with Crippen LogP contribution < -0.4 is 9.47 Å². The van der Waals surface area contributed by atoms with Gasteiger partial charge in [-0.3, -0.25) is 0 Å². The lowest BCUT2D eigenvalue weighted by Gasteiger charge is -2.37. The minimum absolute atomic E-state index is 0.0738. The first-order valence-electron chi connectivity index (χ1n) is 11.4. The summed E-state index contributed by atoms with van der Waals surface area (Å²) in [5, 5.41) is 0. The molecule has 0 aliphatic heterocycles. The number of methoxy groups -OCH3 is 1. The molecule has 29 heavy (non-hydrogen) atoms. The summed E-state index contributed by atoms with van der Waals surface area (Å²) in [4.78, 5) is 0. The monoisotopic (exact) mass is 406 g/mol. The third kappa shape index (κ3) is 5.96. The standard InChI is InChI=1S/C25H36F2O2/c1-3-5-18-7-11-20(12-8-18)21-13-9-19(10-14-21)6-4-17-29-23-16-15-22(28-2)24(26)25(23)27/h4,6,15-16,18-21H,3,5,7-14,17H2,1-2H3/b6-4+/t18-,19?,20-,21?. The molecule has 2 nitrogen and oxygen atoms in total. The fraction of sp³-hybridized carbons (Fsp3) is 0.680. The van der Waals surface area contributed by atoms with Crippen LogP contribution in [0.4, 0.5) is 8.78 Å². The zero-order chi connectivity index (χ0) is 20.6. The van der Waals surface area contributed by atoms with Gasteiger partial charge in [0, 0.05) is 0 Å². The predicted octanol–water partition coefficient (Wildman–Crippen LogP) is 7.32. The number of benzene rings is 1. The van der Waals surface area contributed by atoms with E-state index < -0.39 is 11.6 Å². The van der Waals surface area contributed by atoms with Crippen LogP contribution in [-0.2, 0) is 0 Å². The molecule has 2 saturated carbocycles. The highest BCUT2D eigenvalue weighted by atomic mass is 19.2. The summed E-state index contributed by atoms with van der Waals surface area (Å²) in [6.45, 7) is 2.56. The van der Waals surface area contributed by atoms with Crippen molar-refractivity contribution in [2.45, 2.75) is 71.1 Å². The maximum absolute atomic E-state index is 13.9. The molecule has 2 fully saturated rings. The smallest absolute Gasteiger partial charge is 0.204 e. The zero-order valence-corrected chi connectivity index (χ0v) is 18.0. The third-order valence-corrected chi connectivity index (χ3v) is 7.05. The van der Waals surface area contributed by atoms with Crippen LogP contribution >= 0.6 is 0 Å². The van der Waals surface area contributed by atoms with E-state index in [0.717, 1.165) is 17.8 Å². The van der Waals surface area contributed by atoms with Crippen molar-refractivity contribution in [1.82, 2.24) is 0 Å². The Morgan fingerprint density at radius 3 is 2.10 bits per heavy atom. The number of allylic oxidation sites excluding steroid dienone is 1. The second kappa shape index (κ2) is 11.0. The molecule has 0 atom stereocenters. The summed E-state index contributed by atoms with van der Waals surface area (Å²) in [5.41, 5.74) is 0. The van der Waals surface area contributed by atoms with E-state index in [4.69, 9.17) is 9.47 Å². The quantitative estimate of drug-likeness (QED) is 0.421. The molecular weight excluding hydrogens is 370 g/mol. The highest BCUT2D eigenvalue weighted by Crippen LogP contribution is 2.42. The van der Waals surface area contributed by atoms with Gasteiger partial charge in [-0.05, 0) is 74.3 Å². The molecule has 3 rings (SSSR count). The molecule has 0 radical (unpaired) electrons. The van der Waals surface area contributed by atoms with Crippen molar-refractivity contribution in [3.8, 4) is 11.5 Å². The van der Waals surface area contributed by atoms with Gasteiger partial charge in [-0.25, -0.2) is 0 Å². The van der Waals surface area contributed by atoms with E-state index in [9.17, 15) is 8.78 Å². The first-order valence-corrected chi connectivity index (χ1v) is 11.4. The van der Waals surface area contributed by atoms with E-state index in [1.165, 1.54) is 83.5 Å². The molecule has 0 aromatic heterocycles. The van der Waals surface area contributed by atoms with E-state index in [2.05, 4.69) is 13.0 Å². The van der Waals surface area contributed by atoms with Crippen molar-refractivity contribution in [1.29, 1.82) is 0 Å². The van der Waals surface area contributed by atoms with Crippen molar-refractivity contribution in [3.63, 3.8) is 0 Å². The molecule has 1 aromatic carbocycles. The van der Waals surface area contributed by atoms with Gasteiger partial charge in [-0.15, -0.1) is 0 Å². The van der Waals surface area contributed by atoms with E-state index in [1.54, 1.807) is 0 Å². The van der Waals surface area contributed by atoms with Crippen molar-refractivity contribution in [2.24, 2.45) is 23.7 Å². The number of rotatable bonds is 8. The molecule has 1 aromatic rings. The fourth-order valence-corrected chi connectivity index (χ4v) is 5.33. The van der Waals surface area contributed by atoms with Crippen LogP contribution in [0, 0.1) is 35.3 Å². The zero-order valence-electron chi connectivity index (χ0n) is 18.0. The molecule has 0 bridgehead atoms. The van der Waals surface area contributed by atoms with Crippen molar-refractivity contribution in [3.05, 3.63) is 35.9 Å². The summed E-state index contributed by atoms with van der Waals surface area (Å²) in [6.07, 6.45) is 17.8. The van der Waals surface area contributed by atoms with E-state index in [0.29, 0.717) is 5.92 Å². The molecule has 2 aliphatic rings. The number of ether oxygens (including phenoxy) is 2. The average Bonchev–Trinajstić information content (AvgIpc) is 2.75. The Labute approximate surface area is 174 Å². The topological polar surface area (TPSA) is 18.5 Å². The maximum Gasteiger partial charge on any atom is 0.204 e. The molecular formula is C25H36F2O2. The lowest BCUT2D eigenvalue weighted by atomic mass is 9.69. The van der Waals surface area contributed by atoms with Crippen LogP contribution in [0.2, 0.25) is 0 Å². The molecule has 162 valence electrons. The molecule has 0 heterocycles. The largest absolute Gasteiger partial charge is 0.494 e. The Balaban J connectivity index is 1.38. The molecule has 0 saturated heterocycles. The molecule has 4 heteroatoms. The molecule has 0 unspecified atom stereocenters. The predicted molar refractivity (Wildman–Crippen MR) is 113 cm³/mol. The minimum Gasteiger partial charge on any atom is -0.494 e. The third-order valence-electron chi connectivity index (χ3n) is 7.05.